The van der Waals surface area contributed by atoms with E-state index in [-0.39, 0.29) is 12.1 Å². The Morgan fingerprint density at radius 1 is 0.969 bits per heavy atom. The third kappa shape index (κ3) is 3.97. The number of anilines is 1. The molecule has 0 radical (unpaired) electrons. The molecule has 1 fully saturated rings. The van der Waals surface area contributed by atoms with Gasteiger partial charge in [-0.2, -0.15) is 0 Å². The molecule has 3 heterocycles. The molecule has 32 heavy (non-hydrogen) atoms. The van der Waals surface area contributed by atoms with Gasteiger partial charge in [0.15, 0.2) is 10.2 Å². The first-order valence-electron chi connectivity index (χ1n) is 10.2. The zero-order chi connectivity index (χ0) is 21.9. The second-order valence-corrected chi connectivity index (χ2v) is 8.70. The van der Waals surface area contributed by atoms with Crippen LogP contribution in [0.3, 0.4) is 0 Å². The highest BCUT2D eigenvalue weighted by Crippen LogP contribution is 2.45. The van der Waals surface area contributed by atoms with Gasteiger partial charge in [0.25, 0.3) is 0 Å². The number of pyridine rings is 1. The summed E-state index contributed by atoms with van der Waals surface area (Å²) in [4.78, 5) is 7.77. The lowest BCUT2D eigenvalue weighted by Gasteiger charge is -2.27. The van der Waals surface area contributed by atoms with Gasteiger partial charge in [-0.15, -0.1) is 0 Å². The van der Waals surface area contributed by atoms with Crippen LogP contribution in [0.25, 0.3) is 0 Å². The Balaban J connectivity index is 1.56. The fourth-order valence-electron chi connectivity index (χ4n) is 3.88. The van der Waals surface area contributed by atoms with Crippen LogP contribution in [0.5, 0.6) is 5.75 Å². The summed E-state index contributed by atoms with van der Waals surface area (Å²) >= 11 is 7.37. The van der Waals surface area contributed by atoms with E-state index in [4.69, 9.17) is 21.4 Å². The van der Waals surface area contributed by atoms with E-state index < -0.39 is 0 Å². The molecule has 0 aliphatic carbocycles. The molecule has 2 aromatic heterocycles. The number of nitrogens with one attached hydrogen (secondary N) is 1. The number of furan rings is 1. The van der Waals surface area contributed by atoms with Gasteiger partial charge in [0.05, 0.1) is 24.5 Å². The fraction of sp³-hybridized carbons (Fsp3) is 0.120. The minimum atomic E-state index is -0.223. The van der Waals surface area contributed by atoms with Crippen LogP contribution in [0.15, 0.2) is 106 Å². The summed E-state index contributed by atoms with van der Waals surface area (Å²) in [6.07, 6.45) is 1.79. The van der Waals surface area contributed by atoms with Gasteiger partial charge in [-0.25, -0.2) is 0 Å². The molecule has 0 spiro atoms. The van der Waals surface area contributed by atoms with Crippen LogP contribution in [0.4, 0.5) is 5.69 Å². The van der Waals surface area contributed by atoms with Crippen LogP contribution < -0.4 is 15.0 Å². The average molecular weight is 460 g/mol. The molecule has 7 heteroatoms. The number of aromatic nitrogens is 1. The Labute approximate surface area is 196 Å². The van der Waals surface area contributed by atoms with E-state index in [1.807, 2.05) is 72.8 Å². The van der Waals surface area contributed by atoms with Gasteiger partial charge in [-0.05, 0) is 60.7 Å². The standard InChI is InChI=1S/C25H21N3O2S2/c1-29-20-13-6-5-12-19(20)28-24(23(27-25(28)31)18-11-7-8-16-26-18)21-14-15-22(30-21)32-17-9-3-2-4-10-17/h2-16,23-24H,1H3,(H,27,31)/t23-,24+/m1/s1. The van der Waals surface area contributed by atoms with E-state index in [2.05, 4.69) is 27.3 Å². The molecule has 4 aromatic rings. The molecule has 160 valence electrons. The first-order chi connectivity index (χ1) is 15.7. The normalized spacial score (nSPS) is 17.9. The van der Waals surface area contributed by atoms with Crippen LogP contribution in [0, 0.1) is 0 Å². The van der Waals surface area contributed by atoms with Crippen molar-refractivity contribution in [3.63, 3.8) is 0 Å². The summed E-state index contributed by atoms with van der Waals surface area (Å²) in [7, 11) is 1.66. The van der Waals surface area contributed by atoms with Gasteiger partial charge < -0.3 is 19.4 Å². The third-order valence-electron chi connectivity index (χ3n) is 5.30. The molecule has 0 bridgehead atoms. The quantitative estimate of drug-likeness (QED) is 0.354. The predicted octanol–water partition coefficient (Wildman–Crippen LogP) is 6.01. The zero-order valence-corrected chi connectivity index (χ0v) is 19.0. The zero-order valence-electron chi connectivity index (χ0n) is 17.3. The second-order valence-electron chi connectivity index (χ2n) is 7.24. The summed E-state index contributed by atoms with van der Waals surface area (Å²) in [6.45, 7) is 0. The van der Waals surface area contributed by atoms with Crippen molar-refractivity contribution in [2.45, 2.75) is 22.1 Å². The number of nitrogens with zero attached hydrogens (tertiary/aromatic N) is 2. The molecule has 0 unspecified atom stereocenters. The number of para-hydroxylation sites is 2. The largest absolute Gasteiger partial charge is 0.495 e. The van der Waals surface area contributed by atoms with E-state index in [1.54, 1.807) is 25.1 Å². The van der Waals surface area contributed by atoms with Crippen LogP contribution in [-0.4, -0.2) is 17.2 Å². The summed E-state index contributed by atoms with van der Waals surface area (Å²) in [5, 5.41) is 4.87. The Bertz CT molecular complexity index is 1210. The minimum Gasteiger partial charge on any atom is -0.495 e. The minimum absolute atomic E-state index is 0.172. The van der Waals surface area contributed by atoms with Gasteiger partial charge >= 0.3 is 0 Å². The van der Waals surface area contributed by atoms with Gasteiger partial charge in [0.1, 0.15) is 17.6 Å². The Morgan fingerprint density at radius 3 is 2.53 bits per heavy atom. The SMILES string of the molecule is COc1ccccc1N1C(=S)N[C@H](c2ccccn2)[C@@H]1c1ccc(Sc2ccccc2)o1. The van der Waals surface area contributed by atoms with E-state index in [0.29, 0.717) is 5.11 Å². The first kappa shape index (κ1) is 20.6. The number of hydrogen-bond donors (Lipinski definition) is 1. The van der Waals surface area contributed by atoms with Gasteiger partial charge in [0, 0.05) is 11.1 Å². The smallest absolute Gasteiger partial charge is 0.174 e. The molecule has 5 nitrogen and oxygen atoms in total. The van der Waals surface area contributed by atoms with Crippen LogP contribution in [0.2, 0.25) is 0 Å². The number of thiocarbonyl (C=S) groups is 1. The summed E-state index contributed by atoms with van der Waals surface area (Å²) in [5.74, 6) is 1.55. The molecule has 5 rings (SSSR count). The molecule has 0 amide bonds. The number of rotatable bonds is 6. The van der Waals surface area contributed by atoms with Crippen molar-refractivity contribution in [1.82, 2.24) is 10.3 Å². The number of hydrogen-bond acceptors (Lipinski definition) is 5. The topological polar surface area (TPSA) is 50.5 Å². The van der Waals surface area contributed by atoms with Crippen molar-refractivity contribution in [3.05, 3.63) is 103 Å². The molecule has 1 aliphatic heterocycles. The first-order valence-corrected chi connectivity index (χ1v) is 11.4. The predicted molar refractivity (Wildman–Crippen MR) is 130 cm³/mol. The summed E-state index contributed by atoms with van der Waals surface area (Å²) < 4.78 is 12.0. The number of benzene rings is 2. The lowest BCUT2D eigenvalue weighted by molar-refractivity contribution is 0.380. The summed E-state index contributed by atoms with van der Waals surface area (Å²) in [5.41, 5.74) is 1.77. The second kappa shape index (κ2) is 9.06. The molecule has 2 atom stereocenters. The van der Waals surface area contributed by atoms with Crippen molar-refractivity contribution in [2.24, 2.45) is 0 Å². The number of methoxy groups -OCH3 is 1. The maximum absolute atomic E-state index is 6.35. The van der Waals surface area contributed by atoms with E-state index in [0.717, 1.165) is 32.9 Å². The van der Waals surface area contributed by atoms with Gasteiger partial charge in [0.2, 0.25) is 0 Å². The van der Waals surface area contributed by atoms with Crippen LogP contribution >= 0.6 is 24.0 Å². The monoisotopic (exact) mass is 459 g/mol. The molecular formula is C25H21N3O2S2. The fourth-order valence-corrected chi connectivity index (χ4v) is 5.02. The Morgan fingerprint density at radius 2 is 1.75 bits per heavy atom. The Kier molecular flexibility index (Phi) is 5.83. The third-order valence-corrected chi connectivity index (χ3v) is 6.54. The number of ether oxygens (including phenoxy) is 1. The molecule has 2 aromatic carbocycles. The molecular weight excluding hydrogens is 438 g/mol. The lowest BCUT2D eigenvalue weighted by atomic mass is 10.0. The molecule has 1 aliphatic rings. The molecule has 1 saturated heterocycles. The highest BCUT2D eigenvalue weighted by Gasteiger charge is 2.43. The van der Waals surface area contributed by atoms with E-state index in [1.165, 1.54) is 0 Å². The average Bonchev–Trinajstić information content (AvgIpc) is 3.44. The Hall–Kier alpha value is -3.29. The maximum Gasteiger partial charge on any atom is 0.174 e. The van der Waals surface area contributed by atoms with Crippen molar-refractivity contribution in [1.29, 1.82) is 0 Å². The van der Waals surface area contributed by atoms with Crippen molar-refractivity contribution in [3.8, 4) is 5.75 Å². The van der Waals surface area contributed by atoms with Gasteiger partial charge in [-0.1, -0.05) is 48.2 Å². The van der Waals surface area contributed by atoms with Crippen molar-refractivity contribution >= 4 is 34.8 Å². The van der Waals surface area contributed by atoms with E-state index >= 15 is 0 Å². The maximum atomic E-state index is 6.35. The summed E-state index contributed by atoms with van der Waals surface area (Å²) in [6, 6.07) is 27.6. The van der Waals surface area contributed by atoms with Crippen molar-refractivity contribution < 1.29 is 9.15 Å². The highest BCUT2D eigenvalue weighted by atomic mass is 32.2. The molecule has 1 N–H and O–H groups in total. The van der Waals surface area contributed by atoms with Gasteiger partial charge in [-0.3, -0.25) is 4.98 Å². The van der Waals surface area contributed by atoms with Crippen molar-refractivity contribution in [2.75, 3.05) is 12.0 Å². The van der Waals surface area contributed by atoms with E-state index in [9.17, 15) is 0 Å². The highest BCUT2D eigenvalue weighted by molar-refractivity contribution is 7.99. The van der Waals surface area contributed by atoms with Crippen LogP contribution in [0.1, 0.15) is 23.5 Å². The lowest BCUT2D eigenvalue weighted by Crippen LogP contribution is -2.29. The molecule has 0 saturated carbocycles. The van der Waals surface area contributed by atoms with Crippen LogP contribution in [-0.2, 0) is 0 Å².